The molecular formula is C16H18N2O2. The lowest BCUT2D eigenvalue weighted by molar-refractivity contribution is -0.125. The van der Waals surface area contributed by atoms with Crippen molar-refractivity contribution in [1.82, 2.24) is 10.3 Å². The zero-order valence-electron chi connectivity index (χ0n) is 11.3. The molecule has 4 nitrogen and oxygen atoms in total. The van der Waals surface area contributed by atoms with Gasteiger partial charge in [-0.1, -0.05) is 30.3 Å². The topological polar surface area (TPSA) is 51.2 Å². The van der Waals surface area contributed by atoms with Gasteiger partial charge in [-0.25, -0.2) is 0 Å². The van der Waals surface area contributed by atoms with Crippen molar-refractivity contribution in [2.45, 2.75) is 13.0 Å². The molecule has 0 saturated heterocycles. The Kier molecular flexibility index (Phi) is 5.73. The van der Waals surface area contributed by atoms with Gasteiger partial charge in [0.05, 0.1) is 6.61 Å². The maximum atomic E-state index is 11.6. The van der Waals surface area contributed by atoms with Crippen LogP contribution in [0.5, 0.6) is 0 Å². The SMILES string of the molecule is O=C(COCCc1ccccc1)NCc1ccncc1. The second-order valence-corrected chi connectivity index (χ2v) is 4.42. The van der Waals surface area contributed by atoms with Crippen molar-refractivity contribution in [3.8, 4) is 0 Å². The fourth-order valence-corrected chi connectivity index (χ4v) is 1.75. The molecule has 0 aliphatic rings. The summed E-state index contributed by atoms with van der Waals surface area (Å²) in [5, 5.41) is 2.81. The molecule has 0 spiro atoms. The highest BCUT2D eigenvalue weighted by Gasteiger charge is 2.01. The maximum Gasteiger partial charge on any atom is 0.246 e. The van der Waals surface area contributed by atoms with E-state index in [1.54, 1.807) is 12.4 Å². The van der Waals surface area contributed by atoms with Crippen molar-refractivity contribution < 1.29 is 9.53 Å². The van der Waals surface area contributed by atoms with E-state index in [0.717, 1.165) is 12.0 Å². The first-order valence-electron chi connectivity index (χ1n) is 6.62. The van der Waals surface area contributed by atoms with E-state index in [4.69, 9.17) is 4.74 Å². The summed E-state index contributed by atoms with van der Waals surface area (Å²) in [4.78, 5) is 15.5. The van der Waals surface area contributed by atoms with Gasteiger partial charge in [0.1, 0.15) is 6.61 Å². The van der Waals surface area contributed by atoms with E-state index in [2.05, 4.69) is 10.3 Å². The highest BCUT2D eigenvalue weighted by molar-refractivity contribution is 5.77. The number of rotatable bonds is 7. The normalized spacial score (nSPS) is 10.2. The van der Waals surface area contributed by atoms with E-state index < -0.39 is 0 Å². The number of carbonyl (C=O) groups excluding carboxylic acids is 1. The Morgan fingerprint density at radius 3 is 2.55 bits per heavy atom. The van der Waals surface area contributed by atoms with Crippen LogP contribution in [0.4, 0.5) is 0 Å². The van der Waals surface area contributed by atoms with Crippen molar-refractivity contribution >= 4 is 5.91 Å². The smallest absolute Gasteiger partial charge is 0.246 e. The molecule has 1 aromatic heterocycles. The van der Waals surface area contributed by atoms with Gasteiger partial charge in [-0.05, 0) is 29.7 Å². The number of nitrogens with zero attached hydrogens (tertiary/aromatic N) is 1. The Morgan fingerprint density at radius 1 is 1.05 bits per heavy atom. The predicted octanol–water partition coefficient (Wildman–Crippen LogP) is 1.96. The van der Waals surface area contributed by atoms with Crippen LogP contribution in [-0.2, 0) is 22.5 Å². The Balaban J connectivity index is 1.59. The van der Waals surface area contributed by atoms with Gasteiger partial charge in [-0.2, -0.15) is 0 Å². The lowest BCUT2D eigenvalue weighted by atomic mass is 10.2. The zero-order chi connectivity index (χ0) is 14.0. The molecule has 0 aliphatic carbocycles. The van der Waals surface area contributed by atoms with Gasteiger partial charge < -0.3 is 10.1 Å². The molecule has 0 saturated carbocycles. The highest BCUT2D eigenvalue weighted by atomic mass is 16.5. The summed E-state index contributed by atoms with van der Waals surface area (Å²) in [6, 6.07) is 13.8. The molecule has 2 aromatic rings. The zero-order valence-corrected chi connectivity index (χ0v) is 11.3. The minimum Gasteiger partial charge on any atom is -0.371 e. The standard InChI is InChI=1S/C16H18N2O2/c19-16(18-12-15-6-9-17-10-7-15)13-20-11-8-14-4-2-1-3-5-14/h1-7,9-10H,8,11-13H2,(H,18,19). The Labute approximate surface area is 118 Å². The van der Waals surface area contributed by atoms with Crippen LogP contribution in [0.25, 0.3) is 0 Å². The van der Waals surface area contributed by atoms with Crippen LogP contribution >= 0.6 is 0 Å². The summed E-state index contributed by atoms with van der Waals surface area (Å²) in [7, 11) is 0. The molecule has 0 unspecified atom stereocenters. The van der Waals surface area contributed by atoms with E-state index in [0.29, 0.717) is 13.2 Å². The van der Waals surface area contributed by atoms with E-state index >= 15 is 0 Å². The molecule has 1 aromatic carbocycles. The third-order valence-electron chi connectivity index (χ3n) is 2.85. The van der Waals surface area contributed by atoms with Crippen LogP contribution in [0.2, 0.25) is 0 Å². The molecule has 4 heteroatoms. The summed E-state index contributed by atoms with van der Waals surface area (Å²) in [5.41, 5.74) is 2.24. The van der Waals surface area contributed by atoms with Gasteiger partial charge in [0.15, 0.2) is 0 Å². The summed E-state index contributed by atoms with van der Waals surface area (Å²) in [6.45, 7) is 1.15. The van der Waals surface area contributed by atoms with Gasteiger partial charge >= 0.3 is 0 Å². The van der Waals surface area contributed by atoms with Gasteiger partial charge in [-0.15, -0.1) is 0 Å². The Bertz CT molecular complexity index is 515. The first-order chi connectivity index (χ1) is 9.84. The number of hydrogen-bond acceptors (Lipinski definition) is 3. The van der Waals surface area contributed by atoms with Crippen molar-refractivity contribution in [3.63, 3.8) is 0 Å². The number of aromatic nitrogens is 1. The number of nitrogens with one attached hydrogen (secondary N) is 1. The molecule has 0 radical (unpaired) electrons. The lowest BCUT2D eigenvalue weighted by Gasteiger charge is -2.06. The van der Waals surface area contributed by atoms with Crippen molar-refractivity contribution in [2.24, 2.45) is 0 Å². The van der Waals surface area contributed by atoms with Crippen molar-refractivity contribution in [1.29, 1.82) is 0 Å². The summed E-state index contributed by atoms with van der Waals surface area (Å²) < 4.78 is 5.36. The van der Waals surface area contributed by atoms with E-state index in [9.17, 15) is 4.79 Å². The van der Waals surface area contributed by atoms with Crippen LogP contribution in [0, 0.1) is 0 Å². The Morgan fingerprint density at radius 2 is 1.80 bits per heavy atom. The van der Waals surface area contributed by atoms with E-state index in [1.165, 1.54) is 5.56 Å². The van der Waals surface area contributed by atoms with Gasteiger partial charge in [-0.3, -0.25) is 9.78 Å². The second-order valence-electron chi connectivity index (χ2n) is 4.42. The summed E-state index contributed by atoms with van der Waals surface area (Å²) in [6.07, 6.45) is 4.23. The minimum atomic E-state index is -0.102. The first kappa shape index (κ1) is 14.2. The van der Waals surface area contributed by atoms with Crippen LogP contribution < -0.4 is 5.32 Å². The number of pyridine rings is 1. The van der Waals surface area contributed by atoms with Gasteiger partial charge in [0, 0.05) is 18.9 Å². The van der Waals surface area contributed by atoms with Crippen molar-refractivity contribution in [2.75, 3.05) is 13.2 Å². The summed E-state index contributed by atoms with van der Waals surface area (Å²) in [5.74, 6) is -0.102. The van der Waals surface area contributed by atoms with Crippen molar-refractivity contribution in [3.05, 3.63) is 66.0 Å². The molecule has 2 rings (SSSR count). The van der Waals surface area contributed by atoms with E-state index in [-0.39, 0.29) is 12.5 Å². The number of carbonyl (C=O) groups is 1. The molecule has 0 bridgehead atoms. The number of ether oxygens (including phenoxy) is 1. The molecule has 104 valence electrons. The average molecular weight is 270 g/mol. The lowest BCUT2D eigenvalue weighted by Crippen LogP contribution is -2.27. The van der Waals surface area contributed by atoms with Gasteiger partial charge in [0.2, 0.25) is 5.91 Å². The number of benzene rings is 1. The molecule has 0 atom stereocenters. The molecule has 0 aliphatic heterocycles. The van der Waals surface area contributed by atoms with Crippen LogP contribution in [0.1, 0.15) is 11.1 Å². The minimum absolute atomic E-state index is 0.0952. The van der Waals surface area contributed by atoms with E-state index in [1.807, 2.05) is 42.5 Å². The Hall–Kier alpha value is -2.20. The fraction of sp³-hybridized carbons (Fsp3) is 0.250. The largest absolute Gasteiger partial charge is 0.371 e. The average Bonchev–Trinajstić information content (AvgIpc) is 2.52. The number of amides is 1. The highest BCUT2D eigenvalue weighted by Crippen LogP contribution is 1.99. The molecular weight excluding hydrogens is 252 g/mol. The summed E-state index contributed by atoms with van der Waals surface area (Å²) >= 11 is 0. The fourth-order valence-electron chi connectivity index (χ4n) is 1.75. The molecule has 1 amide bonds. The monoisotopic (exact) mass is 270 g/mol. The number of hydrogen-bond donors (Lipinski definition) is 1. The second kappa shape index (κ2) is 8.07. The van der Waals surface area contributed by atoms with Crippen LogP contribution in [0.15, 0.2) is 54.9 Å². The first-order valence-corrected chi connectivity index (χ1v) is 6.62. The predicted molar refractivity (Wildman–Crippen MR) is 77.0 cm³/mol. The molecule has 0 fully saturated rings. The molecule has 20 heavy (non-hydrogen) atoms. The van der Waals surface area contributed by atoms with Crippen LogP contribution in [0.3, 0.4) is 0 Å². The maximum absolute atomic E-state index is 11.6. The quantitative estimate of drug-likeness (QED) is 0.782. The van der Waals surface area contributed by atoms with Gasteiger partial charge in [0.25, 0.3) is 0 Å². The van der Waals surface area contributed by atoms with Crippen LogP contribution in [-0.4, -0.2) is 24.1 Å². The molecule has 1 heterocycles. The third-order valence-corrected chi connectivity index (χ3v) is 2.85. The third kappa shape index (κ3) is 5.20. The molecule has 1 N–H and O–H groups in total.